The Morgan fingerprint density at radius 3 is 2.40 bits per heavy atom. The Hall–Kier alpha value is -1.57. The number of amides is 2. The summed E-state index contributed by atoms with van der Waals surface area (Å²) in [5, 5.41) is 12.8. The predicted molar refractivity (Wildman–Crippen MR) is 55.7 cm³/mol. The average molecular weight is 211 g/mol. The molecule has 15 heavy (non-hydrogen) atoms. The summed E-state index contributed by atoms with van der Waals surface area (Å²) in [5.41, 5.74) is 0. The quantitative estimate of drug-likeness (QED) is 0.386. The van der Waals surface area contributed by atoms with Crippen molar-refractivity contribution in [2.45, 2.75) is 26.7 Å². The lowest BCUT2D eigenvalue weighted by atomic mass is 10.1. The first-order chi connectivity index (χ1) is 7.07. The van der Waals surface area contributed by atoms with Gasteiger partial charge >= 0.3 is 11.8 Å². The number of hydrogen-bond acceptors (Lipinski definition) is 3. The molecule has 0 radical (unpaired) electrons. The van der Waals surface area contributed by atoms with E-state index in [2.05, 4.69) is 24.5 Å². The monoisotopic (exact) mass is 211 g/mol. The van der Waals surface area contributed by atoms with Crippen LogP contribution >= 0.6 is 0 Å². The SMILES string of the molecule is CC(C)CCCNC(=O)C(=O)NCC#N. The van der Waals surface area contributed by atoms with Crippen molar-refractivity contribution in [3.63, 3.8) is 0 Å². The topological polar surface area (TPSA) is 82.0 Å². The highest BCUT2D eigenvalue weighted by molar-refractivity contribution is 6.35. The third kappa shape index (κ3) is 7.50. The Morgan fingerprint density at radius 1 is 1.27 bits per heavy atom. The van der Waals surface area contributed by atoms with E-state index in [-0.39, 0.29) is 6.54 Å². The van der Waals surface area contributed by atoms with Crippen molar-refractivity contribution >= 4 is 11.8 Å². The Balaban J connectivity index is 3.57. The molecule has 0 aliphatic rings. The van der Waals surface area contributed by atoms with Gasteiger partial charge in [0.2, 0.25) is 0 Å². The van der Waals surface area contributed by atoms with Crippen LogP contribution in [0, 0.1) is 17.2 Å². The molecule has 5 nitrogen and oxygen atoms in total. The van der Waals surface area contributed by atoms with E-state index in [1.54, 1.807) is 6.07 Å². The van der Waals surface area contributed by atoms with Gasteiger partial charge in [-0.05, 0) is 18.8 Å². The van der Waals surface area contributed by atoms with Crippen molar-refractivity contribution in [1.82, 2.24) is 10.6 Å². The highest BCUT2D eigenvalue weighted by Crippen LogP contribution is 2.01. The molecular formula is C10H17N3O2. The minimum Gasteiger partial charge on any atom is -0.348 e. The molecule has 0 spiro atoms. The summed E-state index contributed by atoms with van der Waals surface area (Å²) < 4.78 is 0. The minimum absolute atomic E-state index is 0.141. The van der Waals surface area contributed by atoms with Crippen molar-refractivity contribution in [3.05, 3.63) is 0 Å². The van der Waals surface area contributed by atoms with E-state index < -0.39 is 11.8 Å². The minimum atomic E-state index is -0.749. The van der Waals surface area contributed by atoms with Crippen molar-refractivity contribution in [1.29, 1.82) is 5.26 Å². The summed E-state index contributed by atoms with van der Waals surface area (Å²) in [6, 6.07) is 1.72. The summed E-state index contributed by atoms with van der Waals surface area (Å²) in [6.07, 6.45) is 1.87. The number of rotatable bonds is 5. The van der Waals surface area contributed by atoms with Gasteiger partial charge in [0.1, 0.15) is 6.54 Å². The summed E-state index contributed by atoms with van der Waals surface area (Å²) >= 11 is 0. The second-order valence-corrected chi connectivity index (χ2v) is 3.63. The van der Waals surface area contributed by atoms with Gasteiger partial charge in [0.25, 0.3) is 0 Å². The van der Waals surface area contributed by atoms with Crippen LogP contribution in [0.25, 0.3) is 0 Å². The smallest absolute Gasteiger partial charge is 0.310 e. The zero-order valence-corrected chi connectivity index (χ0v) is 9.17. The van der Waals surface area contributed by atoms with E-state index in [1.165, 1.54) is 0 Å². The van der Waals surface area contributed by atoms with Gasteiger partial charge < -0.3 is 10.6 Å². The van der Waals surface area contributed by atoms with Crippen molar-refractivity contribution in [2.24, 2.45) is 5.92 Å². The van der Waals surface area contributed by atoms with Crippen LogP contribution < -0.4 is 10.6 Å². The molecule has 0 heterocycles. The first kappa shape index (κ1) is 13.4. The molecule has 0 unspecified atom stereocenters. The summed E-state index contributed by atoms with van der Waals surface area (Å²) in [5.74, 6) is -0.829. The number of carbonyl (C=O) groups is 2. The summed E-state index contributed by atoms with van der Waals surface area (Å²) in [7, 11) is 0. The lowest BCUT2D eigenvalue weighted by Crippen LogP contribution is -2.40. The van der Waals surface area contributed by atoms with Gasteiger partial charge in [0, 0.05) is 6.54 Å². The van der Waals surface area contributed by atoms with Gasteiger partial charge in [-0.1, -0.05) is 13.8 Å². The molecular weight excluding hydrogens is 194 g/mol. The third-order valence-electron chi connectivity index (χ3n) is 1.78. The number of nitrogens with zero attached hydrogens (tertiary/aromatic N) is 1. The van der Waals surface area contributed by atoms with Crippen LogP contribution in [0.3, 0.4) is 0 Å². The molecule has 84 valence electrons. The molecule has 0 bridgehead atoms. The van der Waals surface area contributed by atoms with Crippen LogP contribution in [-0.2, 0) is 9.59 Å². The van der Waals surface area contributed by atoms with E-state index >= 15 is 0 Å². The fourth-order valence-electron chi connectivity index (χ4n) is 0.993. The standard InChI is InChI=1S/C10H17N3O2/c1-8(2)4-3-6-12-9(14)10(15)13-7-5-11/h8H,3-4,6-7H2,1-2H3,(H,12,14)(H,13,15). The van der Waals surface area contributed by atoms with Crippen LogP contribution in [0.5, 0.6) is 0 Å². The van der Waals surface area contributed by atoms with E-state index in [4.69, 9.17) is 5.26 Å². The van der Waals surface area contributed by atoms with E-state index in [1.807, 2.05) is 0 Å². The van der Waals surface area contributed by atoms with Crippen LogP contribution in [0.4, 0.5) is 0 Å². The van der Waals surface area contributed by atoms with Crippen molar-refractivity contribution < 1.29 is 9.59 Å². The molecule has 0 aromatic heterocycles. The van der Waals surface area contributed by atoms with Gasteiger partial charge in [-0.3, -0.25) is 9.59 Å². The molecule has 0 aliphatic carbocycles. The average Bonchev–Trinajstić information content (AvgIpc) is 2.20. The van der Waals surface area contributed by atoms with Gasteiger partial charge in [0.15, 0.2) is 0 Å². The molecule has 0 fully saturated rings. The Labute approximate surface area is 89.8 Å². The van der Waals surface area contributed by atoms with Gasteiger partial charge in [-0.15, -0.1) is 0 Å². The zero-order valence-electron chi connectivity index (χ0n) is 9.17. The van der Waals surface area contributed by atoms with Gasteiger partial charge in [0.05, 0.1) is 6.07 Å². The number of nitriles is 1. The van der Waals surface area contributed by atoms with Crippen LogP contribution in [0.2, 0.25) is 0 Å². The number of hydrogen-bond donors (Lipinski definition) is 2. The maximum Gasteiger partial charge on any atom is 0.310 e. The third-order valence-corrected chi connectivity index (χ3v) is 1.78. The Bertz CT molecular complexity index is 256. The molecule has 2 N–H and O–H groups in total. The van der Waals surface area contributed by atoms with Crippen molar-refractivity contribution in [3.8, 4) is 6.07 Å². The van der Waals surface area contributed by atoms with Crippen LogP contribution in [0.1, 0.15) is 26.7 Å². The largest absolute Gasteiger partial charge is 0.348 e. The second kappa shape index (κ2) is 7.80. The molecule has 2 amide bonds. The zero-order chi connectivity index (χ0) is 11.7. The highest BCUT2D eigenvalue weighted by atomic mass is 16.2. The first-order valence-corrected chi connectivity index (χ1v) is 5.01. The van der Waals surface area contributed by atoms with E-state index in [0.717, 1.165) is 12.8 Å². The maximum absolute atomic E-state index is 11.1. The fraction of sp³-hybridized carbons (Fsp3) is 0.700. The summed E-state index contributed by atoms with van der Waals surface area (Å²) in [6.45, 7) is 4.55. The van der Waals surface area contributed by atoms with Crippen LogP contribution in [0.15, 0.2) is 0 Å². The molecule has 0 saturated carbocycles. The molecule has 0 aromatic carbocycles. The second-order valence-electron chi connectivity index (χ2n) is 3.63. The van der Waals surface area contributed by atoms with E-state index in [0.29, 0.717) is 12.5 Å². The molecule has 5 heteroatoms. The molecule has 0 atom stereocenters. The normalized spacial score (nSPS) is 9.47. The Kier molecular flexibility index (Phi) is 6.98. The first-order valence-electron chi connectivity index (χ1n) is 5.01. The molecule has 0 rings (SSSR count). The molecule has 0 aliphatic heterocycles. The lowest BCUT2D eigenvalue weighted by molar-refractivity contribution is -0.139. The number of nitrogens with one attached hydrogen (secondary N) is 2. The molecule has 0 aromatic rings. The van der Waals surface area contributed by atoms with Crippen LogP contribution in [-0.4, -0.2) is 24.9 Å². The highest BCUT2D eigenvalue weighted by Gasteiger charge is 2.11. The Morgan fingerprint density at radius 2 is 1.87 bits per heavy atom. The van der Waals surface area contributed by atoms with Crippen molar-refractivity contribution in [2.75, 3.05) is 13.1 Å². The van der Waals surface area contributed by atoms with Gasteiger partial charge in [-0.2, -0.15) is 5.26 Å². The van der Waals surface area contributed by atoms with E-state index in [9.17, 15) is 9.59 Å². The lowest BCUT2D eigenvalue weighted by Gasteiger charge is -2.05. The van der Waals surface area contributed by atoms with Gasteiger partial charge in [-0.25, -0.2) is 0 Å². The molecule has 0 saturated heterocycles. The number of carbonyl (C=O) groups excluding carboxylic acids is 2. The fourth-order valence-corrected chi connectivity index (χ4v) is 0.993. The maximum atomic E-state index is 11.1. The summed E-state index contributed by atoms with van der Waals surface area (Å²) in [4.78, 5) is 22.0. The predicted octanol–water partition coefficient (Wildman–Crippen LogP) is 0.179.